The Morgan fingerprint density at radius 2 is 1.73 bits per heavy atom. The molecule has 2 saturated carbocycles. The molecule has 40 heavy (non-hydrogen) atoms. The minimum absolute atomic E-state index is 0. The Labute approximate surface area is 306 Å². The third-order valence-corrected chi connectivity index (χ3v) is 10.2. The average Bonchev–Trinajstić information content (AvgIpc) is 2.86. The van der Waals surface area contributed by atoms with Crippen LogP contribution in [0.25, 0.3) is 0 Å². The molecule has 9 unspecified atom stereocenters. The standard InChI is InChI=1S/C29H38O9.2Ac/c1-15-18(30)12-29(35)16(2)24-27(5,25(33)23(32)22(15)26(29,3)4)19(11-20-28(24,34)14-37-20)38-21(31)13-36-17-9-7-6-8-10-17;;/h6-10,16,18-20,23-24,30,32,34-35H,11-14H2,1-5H3;;. The predicted molar refractivity (Wildman–Crippen MR) is 135 cm³/mol. The number of ketones is 1. The largest absolute Gasteiger partial charge is 0.482 e. The van der Waals surface area contributed by atoms with E-state index in [0.717, 1.165) is 0 Å². The van der Waals surface area contributed by atoms with E-state index < -0.39 is 76.6 Å². The number of fused-ring (bicyclic) bond motifs is 5. The number of hydrogen-bond donors (Lipinski definition) is 4. The van der Waals surface area contributed by atoms with Crippen molar-refractivity contribution in [3.63, 3.8) is 0 Å². The fraction of sp³-hybridized carbons (Fsp3) is 0.655. The van der Waals surface area contributed by atoms with Crippen LogP contribution in [-0.2, 0) is 19.1 Å². The number of Topliss-reactive ketones (excluding diaryl/α,β-unsaturated/α-hetero) is 1. The molecule has 1 saturated heterocycles. The van der Waals surface area contributed by atoms with Gasteiger partial charge >= 0.3 is 5.97 Å². The fourth-order valence-corrected chi connectivity index (χ4v) is 8.00. The first-order valence-electron chi connectivity index (χ1n) is 13.2. The van der Waals surface area contributed by atoms with Crippen LogP contribution in [0.1, 0.15) is 47.5 Å². The van der Waals surface area contributed by atoms with Gasteiger partial charge in [-0.2, -0.15) is 0 Å². The van der Waals surface area contributed by atoms with Gasteiger partial charge in [-0.3, -0.25) is 4.79 Å². The summed E-state index contributed by atoms with van der Waals surface area (Å²) in [7, 11) is 0. The van der Waals surface area contributed by atoms with E-state index >= 15 is 0 Å². The number of hydrogen-bond acceptors (Lipinski definition) is 9. The second kappa shape index (κ2) is 12.2. The van der Waals surface area contributed by atoms with Crippen molar-refractivity contribution >= 4 is 11.8 Å². The number of carbonyl (C=O) groups is 2. The van der Waals surface area contributed by atoms with Crippen LogP contribution >= 0.6 is 0 Å². The first-order chi connectivity index (χ1) is 17.7. The van der Waals surface area contributed by atoms with E-state index in [4.69, 9.17) is 14.2 Å². The van der Waals surface area contributed by atoms with Gasteiger partial charge in [-0.15, -0.1) is 0 Å². The van der Waals surface area contributed by atoms with Crippen molar-refractivity contribution in [2.24, 2.45) is 22.7 Å². The topological polar surface area (TPSA) is 143 Å². The summed E-state index contributed by atoms with van der Waals surface area (Å²) < 4.78 is 17.1. The molecule has 1 aliphatic heterocycles. The fourth-order valence-electron chi connectivity index (χ4n) is 8.00. The molecule has 2 bridgehead atoms. The van der Waals surface area contributed by atoms with Crippen molar-refractivity contribution < 1.29 is 132 Å². The molecule has 4 aliphatic rings. The Kier molecular flexibility index (Phi) is 10.7. The third-order valence-electron chi connectivity index (χ3n) is 10.2. The molecule has 3 fully saturated rings. The molecule has 0 amide bonds. The monoisotopic (exact) mass is 984 g/mol. The number of benzene rings is 1. The molecule has 11 heteroatoms. The van der Waals surface area contributed by atoms with Gasteiger partial charge in [0.2, 0.25) is 0 Å². The second-order valence-electron chi connectivity index (χ2n) is 12.3. The minimum Gasteiger partial charge on any atom is -0.482 e. The van der Waals surface area contributed by atoms with Crippen molar-refractivity contribution in [3.8, 4) is 5.75 Å². The first-order valence-corrected chi connectivity index (χ1v) is 13.2. The molecule has 214 valence electrons. The Morgan fingerprint density at radius 3 is 2.30 bits per heavy atom. The van der Waals surface area contributed by atoms with Crippen LogP contribution in [0.4, 0.5) is 0 Å². The summed E-state index contributed by atoms with van der Waals surface area (Å²) in [5.41, 5.74) is -5.01. The van der Waals surface area contributed by atoms with E-state index in [1.807, 2.05) is 6.07 Å². The number of ether oxygens (including phenoxy) is 3. The SMILES string of the molecule is CC1=C2C(O)C(=O)C3(C)C(OC(=O)COc4ccccc4)CC4OCC4(O)C3C(C)C(O)(CC1O)C2(C)C.[Ac].[Ac]. The summed E-state index contributed by atoms with van der Waals surface area (Å²) in [6, 6.07) is 8.77. The van der Waals surface area contributed by atoms with Gasteiger partial charge in [-0.25, -0.2) is 4.79 Å². The number of carbonyl (C=O) groups excluding carboxylic acids is 2. The maximum atomic E-state index is 14.3. The summed E-state index contributed by atoms with van der Waals surface area (Å²) in [5.74, 6) is -2.51. The van der Waals surface area contributed by atoms with Crippen molar-refractivity contribution in [1.82, 2.24) is 0 Å². The van der Waals surface area contributed by atoms with Crippen molar-refractivity contribution in [1.29, 1.82) is 0 Å². The Balaban J connectivity index is 0.00000220. The molecular weight excluding hydrogens is 946 g/mol. The van der Waals surface area contributed by atoms with Crippen LogP contribution in [0.3, 0.4) is 0 Å². The molecule has 4 N–H and O–H groups in total. The van der Waals surface area contributed by atoms with Crippen molar-refractivity contribution in [2.45, 2.75) is 83.1 Å². The van der Waals surface area contributed by atoms with E-state index in [1.54, 1.807) is 58.9 Å². The molecule has 5 rings (SSSR count). The van der Waals surface area contributed by atoms with Crippen molar-refractivity contribution in [3.05, 3.63) is 41.5 Å². The molecule has 0 aromatic heterocycles. The predicted octanol–water partition coefficient (Wildman–Crippen LogP) is 1.55. The zero-order valence-corrected chi connectivity index (χ0v) is 33.2. The normalized spacial score (nSPS) is 41.5. The van der Waals surface area contributed by atoms with E-state index in [-0.39, 0.29) is 113 Å². The van der Waals surface area contributed by atoms with Crippen LogP contribution in [0.15, 0.2) is 41.5 Å². The van der Waals surface area contributed by atoms with Crippen LogP contribution < -0.4 is 4.74 Å². The smallest absolute Gasteiger partial charge is 0.344 e. The number of aliphatic hydroxyl groups excluding tert-OH is 2. The van der Waals surface area contributed by atoms with E-state index in [0.29, 0.717) is 11.3 Å². The molecule has 0 spiro atoms. The van der Waals surface area contributed by atoms with Gasteiger partial charge in [0.1, 0.15) is 23.6 Å². The van der Waals surface area contributed by atoms with Crippen LogP contribution in [-0.4, -0.2) is 81.0 Å². The third kappa shape index (κ3) is 5.08. The first kappa shape index (κ1) is 35.1. The molecule has 9 nitrogen and oxygen atoms in total. The number of esters is 1. The maximum absolute atomic E-state index is 14.3. The molecule has 1 aromatic carbocycles. The van der Waals surface area contributed by atoms with E-state index in [1.165, 1.54) is 0 Å². The summed E-state index contributed by atoms with van der Waals surface area (Å²) in [6.45, 7) is 8.09. The van der Waals surface area contributed by atoms with Crippen molar-refractivity contribution in [2.75, 3.05) is 13.2 Å². The average molecular weight is 985 g/mol. The Morgan fingerprint density at radius 1 is 1.10 bits per heavy atom. The van der Waals surface area contributed by atoms with Crippen LogP contribution in [0.2, 0.25) is 0 Å². The molecule has 3 aliphatic carbocycles. The summed E-state index contributed by atoms with van der Waals surface area (Å²) in [6.07, 6.45) is -4.49. The van der Waals surface area contributed by atoms with Crippen LogP contribution in [0.5, 0.6) is 5.75 Å². The number of para-hydroxylation sites is 1. The van der Waals surface area contributed by atoms with Gasteiger partial charge in [0.05, 0.1) is 29.8 Å². The Bertz CT molecular complexity index is 1170. The van der Waals surface area contributed by atoms with Gasteiger partial charge < -0.3 is 34.6 Å². The maximum Gasteiger partial charge on any atom is 0.344 e. The molecule has 9 atom stereocenters. The summed E-state index contributed by atoms with van der Waals surface area (Å²) >= 11 is 0. The molecule has 1 heterocycles. The summed E-state index contributed by atoms with van der Waals surface area (Å²) in [5, 5.41) is 46.6. The minimum atomic E-state index is -1.67. The quantitative estimate of drug-likeness (QED) is 0.262. The van der Waals surface area contributed by atoms with Gasteiger partial charge in [0.25, 0.3) is 0 Å². The van der Waals surface area contributed by atoms with E-state index in [2.05, 4.69) is 0 Å². The second-order valence-corrected chi connectivity index (χ2v) is 12.3. The number of aliphatic hydroxyl groups is 4. The zero-order valence-electron chi connectivity index (χ0n) is 23.7. The molecular formula is C29H38Ac2O9. The van der Waals surface area contributed by atoms with E-state index in [9.17, 15) is 30.0 Å². The van der Waals surface area contributed by atoms with Gasteiger partial charge in [-0.1, -0.05) is 39.0 Å². The summed E-state index contributed by atoms with van der Waals surface area (Å²) in [4.78, 5) is 27.3. The van der Waals surface area contributed by atoms with Gasteiger partial charge in [-0.05, 0) is 43.0 Å². The number of rotatable bonds is 4. The van der Waals surface area contributed by atoms with Gasteiger partial charge in [0.15, 0.2) is 12.4 Å². The molecule has 2 radical (unpaired) electrons. The Hall–Kier alpha value is 0.583. The van der Waals surface area contributed by atoms with Crippen LogP contribution in [0, 0.1) is 111 Å². The molecule has 1 aromatic rings. The van der Waals surface area contributed by atoms with Gasteiger partial charge in [0, 0.05) is 112 Å². The zero-order chi connectivity index (χ0) is 27.8.